The van der Waals surface area contributed by atoms with Crippen LogP contribution >= 0.6 is 0 Å². The van der Waals surface area contributed by atoms with Crippen LogP contribution in [0.25, 0.3) is 0 Å². The third-order valence-electron chi connectivity index (χ3n) is 5.94. The second kappa shape index (κ2) is 18.7. The Hall–Kier alpha value is -1.85. The average molecular weight is 451 g/mol. The van der Waals surface area contributed by atoms with Gasteiger partial charge in [0.2, 0.25) is 0 Å². The van der Waals surface area contributed by atoms with Crippen molar-refractivity contribution in [3.63, 3.8) is 0 Å². The highest BCUT2D eigenvalue weighted by atomic mass is 16.6. The zero-order valence-electron chi connectivity index (χ0n) is 20.7. The Labute approximate surface area is 195 Å². The molecule has 0 saturated heterocycles. The molecule has 32 heavy (non-hydrogen) atoms. The molecule has 184 valence electrons. The van der Waals surface area contributed by atoms with E-state index < -0.39 is 6.09 Å². The summed E-state index contributed by atoms with van der Waals surface area (Å²) in [6.07, 6.45) is 19.4. The van der Waals surface area contributed by atoms with E-state index in [1.807, 2.05) is 0 Å². The quantitative estimate of drug-likeness (QED) is 0.163. The van der Waals surface area contributed by atoms with Gasteiger partial charge in [-0.25, -0.2) is 14.3 Å². The Morgan fingerprint density at radius 1 is 0.844 bits per heavy atom. The molecule has 0 aliphatic carbocycles. The number of hydrogen-bond acceptors (Lipinski definition) is 5. The van der Waals surface area contributed by atoms with E-state index in [4.69, 9.17) is 9.47 Å². The van der Waals surface area contributed by atoms with Crippen molar-refractivity contribution in [2.75, 3.05) is 6.61 Å². The maximum Gasteiger partial charge on any atom is 0.419 e. The number of ether oxygens (including phenoxy) is 2. The van der Waals surface area contributed by atoms with Crippen LogP contribution in [-0.4, -0.2) is 34.3 Å². The molecular weight excluding hydrogens is 404 g/mol. The minimum absolute atomic E-state index is 0.182. The molecule has 1 unspecified atom stereocenters. The average Bonchev–Trinajstić information content (AvgIpc) is 3.33. The lowest BCUT2D eigenvalue weighted by atomic mass is 9.96. The summed E-state index contributed by atoms with van der Waals surface area (Å²) in [5.74, 6) is 0.277. The van der Waals surface area contributed by atoms with Crippen molar-refractivity contribution in [3.05, 3.63) is 18.7 Å². The van der Waals surface area contributed by atoms with Crippen molar-refractivity contribution in [3.8, 4) is 0 Å². The van der Waals surface area contributed by atoms with Crippen LogP contribution in [0.5, 0.6) is 0 Å². The van der Waals surface area contributed by atoms with Gasteiger partial charge in [0, 0.05) is 18.8 Å². The van der Waals surface area contributed by atoms with E-state index in [-0.39, 0.29) is 18.5 Å². The van der Waals surface area contributed by atoms with Crippen molar-refractivity contribution in [1.82, 2.24) is 9.55 Å². The first kappa shape index (κ1) is 28.2. The van der Waals surface area contributed by atoms with Crippen molar-refractivity contribution in [2.45, 2.75) is 123 Å². The molecule has 0 spiro atoms. The molecule has 1 aromatic heterocycles. The number of imidazole rings is 1. The fourth-order valence-electron chi connectivity index (χ4n) is 3.87. The SMILES string of the molecule is CCCCCCC(CCC(=O)OCC(CCCCC)CCCCC)OC(=O)n1ccnc1. The Balaban J connectivity index is 2.46. The lowest BCUT2D eigenvalue weighted by Crippen LogP contribution is -2.23. The summed E-state index contributed by atoms with van der Waals surface area (Å²) in [5, 5.41) is 0. The largest absolute Gasteiger partial charge is 0.465 e. The Morgan fingerprint density at radius 3 is 2.06 bits per heavy atom. The summed E-state index contributed by atoms with van der Waals surface area (Å²) >= 11 is 0. The van der Waals surface area contributed by atoms with Gasteiger partial charge in [-0.15, -0.1) is 0 Å². The van der Waals surface area contributed by atoms with E-state index in [2.05, 4.69) is 25.8 Å². The molecule has 0 radical (unpaired) electrons. The fraction of sp³-hybridized carbons (Fsp3) is 0.808. The summed E-state index contributed by atoms with van der Waals surface area (Å²) in [6, 6.07) is 0. The van der Waals surface area contributed by atoms with Crippen LogP contribution < -0.4 is 0 Å². The Kier molecular flexibility index (Phi) is 16.5. The predicted molar refractivity (Wildman–Crippen MR) is 129 cm³/mol. The molecule has 1 aromatic rings. The van der Waals surface area contributed by atoms with Crippen molar-refractivity contribution in [2.24, 2.45) is 5.92 Å². The lowest BCUT2D eigenvalue weighted by Gasteiger charge is -2.19. The molecular formula is C26H46N2O4. The molecule has 0 fully saturated rings. The maximum atomic E-state index is 12.4. The van der Waals surface area contributed by atoms with E-state index in [1.165, 1.54) is 55.8 Å². The Morgan fingerprint density at radius 2 is 1.47 bits per heavy atom. The monoisotopic (exact) mass is 450 g/mol. The number of aromatic nitrogens is 2. The minimum atomic E-state index is -0.441. The molecule has 0 amide bonds. The van der Waals surface area contributed by atoms with E-state index in [9.17, 15) is 9.59 Å². The van der Waals surface area contributed by atoms with Gasteiger partial charge in [-0.1, -0.05) is 78.6 Å². The Bertz CT molecular complexity index is 579. The van der Waals surface area contributed by atoms with Crippen LogP contribution in [0.2, 0.25) is 0 Å². The maximum absolute atomic E-state index is 12.4. The third kappa shape index (κ3) is 13.5. The van der Waals surface area contributed by atoms with E-state index in [0.29, 0.717) is 18.9 Å². The summed E-state index contributed by atoms with van der Waals surface area (Å²) < 4.78 is 12.6. The van der Waals surface area contributed by atoms with Crippen LogP contribution in [0.1, 0.15) is 117 Å². The highest BCUT2D eigenvalue weighted by Crippen LogP contribution is 2.19. The predicted octanol–water partition coefficient (Wildman–Crippen LogP) is 7.31. The number of carbonyl (C=O) groups is 2. The van der Waals surface area contributed by atoms with Gasteiger partial charge in [0.1, 0.15) is 12.4 Å². The molecule has 1 rings (SSSR count). The van der Waals surface area contributed by atoms with Gasteiger partial charge in [0.05, 0.1) is 6.61 Å². The lowest BCUT2D eigenvalue weighted by molar-refractivity contribution is -0.145. The molecule has 0 bridgehead atoms. The smallest absolute Gasteiger partial charge is 0.419 e. The molecule has 0 saturated carbocycles. The molecule has 1 atom stereocenters. The van der Waals surface area contributed by atoms with E-state index in [0.717, 1.165) is 38.5 Å². The zero-order chi connectivity index (χ0) is 23.4. The van der Waals surface area contributed by atoms with Gasteiger partial charge in [-0.05, 0) is 38.0 Å². The molecule has 1 heterocycles. The topological polar surface area (TPSA) is 70.4 Å². The molecule has 0 aliphatic heterocycles. The number of unbranched alkanes of at least 4 members (excludes halogenated alkanes) is 7. The normalized spacial score (nSPS) is 12.1. The van der Waals surface area contributed by atoms with Crippen LogP contribution in [0, 0.1) is 5.92 Å². The molecule has 6 nitrogen and oxygen atoms in total. The van der Waals surface area contributed by atoms with Crippen molar-refractivity contribution >= 4 is 12.1 Å². The first-order valence-electron chi connectivity index (χ1n) is 12.9. The van der Waals surface area contributed by atoms with Gasteiger partial charge >= 0.3 is 12.1 Å². The van der Waals surface area contributed by atoms with Gasteiger partial charge in [0.25, 0.3) is 0 Å². The van der Waals surface area contributed by atoms with Gasteiger partial charge < -0.3 is 9.47 Å². The van der Waals surface area contributed by atoms with Crippen LogP contribution in [0.3, 0.4) is 0 Å². The molecule has 6 heteroatoms. The highest BCUT2D eigenvalue weighted by molar-refractivity contribution is 5.71. The molecule has 0 aliphatic rings. The van der Waals surface area contributed by atoms with Crippen LogP contribution in [-0.2, 0) is 14.3 Å². The van der Waals surface area contributed by atoms with Crippen molar-refractivity contribution < 1.29 is 19.1 Å². The summed E-state index contributed by atoms with van der Waals surface area (Å²) in [6.45, 7) is 7.11. The van der Waals surface area contributed by atoms with Gasteiger partial charge in [0.15, 0.2) is 0 Å². The summed E-state index contributed by atoms with van der Waals surface area (Å²) in [4.78, 5) is 28.6. The van der Waals surface area contributed by atoms with Gasteiger partial charge in [-0.2, -0.15) is 0 Å². The minimum Gasteiger partial charge on any atom is -0.465 e. The summed E-state index contributed by atoms with van der Waals surface area (Å²) in [7, 11) is 0. The fourth-order valence-corrected chi connectivity index (χ4v) is 3.87. The zero-order valence-corrected chi connectivity index (χ0v) is 20.7. The second-order valence-electron chi connectivity index (χ2n) is 8.90. The molecule has 0 aromatic carbocycles. The number of nitrogens with zero attached hydrogens (tertiary/aromatic N) is 2. The number of esters is 1. The molecule has 0 N–H and O–H groups in total. The van der Waals surface area contributed by atoms with Crippen LogP contribution in [0.15, 0.2) is 18.7 Å². The summed E-state index contributed by atoms with van der Waals surface area (Å²) in [5.41, 5.74) is 0. The first-order valence-corrected chi connectivity index (χ1v) is 12.9. The standard InChI is InChI=1S/C26H46N2O4/c1-4-7-10-13-16-24(32-26(30)28-20-19-27-22-28)17-18-25(29)31-21-23(14-11-8-5-2)15-12-9-6-3/h19-20,22-24H,4-18,21H2,1-3H3. The third-order valence-corrected chi connectivity index (χ3v) is 5.94. The van der Waals surface area contributed by atoms with E-state index in [1.54, 1.807) is 12.4 Å². The van der Waals surface area contributed by atoms with Crippen LogP contribution in [0.4, 0.5) is 4.79 Å². The number of hydrogen-bond donors (Lipinski definition) is 0. The number of carbonyl (C=O) groups excluding carboxylic acids is 2. The first-order chi connectivity index (χ1) is 15.6. The second-order valence-corrected chi connectivity index (χ2v) is 8.90. The number of rotatable bonds is 19. The van der Waals surface area contributed by atoms with Gasteiger partial charge in [-0.3, -0.25) is 4.79 Å². The van der Waals surface area contributed by atoms with Crippen molar-refractivity contribution in [1.29, 1.82) is 0 Å². The van der Waals surface area contributed by atoms with E-state index >= 15 is 0 Å². The highest BCUT2D eigenvalue weighted by Gasteiger charge is 2.18.